The van der Waals surface area contributed by atoms with E-state index in [-0.39, 0.29) is 22.4 Å². The molecule has 2 amide bonds. The number of hydrogen-bond acceptors (Lipinski definition) is 2. The fourth-order valence-electron chi connectivity index (χ4n) is 5.69. The number of nitrogens with two attached hydrogens (primary N) is 1. The Balaban J connectivity index is 1.62. The Morgan fingerprint density at radius 2 is 1.83 bits per heavy atom. The van der Waals surface area contributed by atoms with Crippen LogP contribution in [0.25, 0.3) is 0 Å². The summed E-state index contributed by atoms with van der Waals surface area (Å²) in [5.74, 6) is -0.265. The maximum Gasteiger partial charge on any atom is 0.251 e. The third-order valence-electron chi connectivity index (χ3n) is 6.09. The van der Waals surface area contributed by atoms with Gasteiger partial charge in [0.15, 0.2) is 0 Å². The lowest BCUT2D eigenvalue weighted by Crippen LogP contribution is -2.65. The summed E-state index contributed by atoms with van der Waals surface area (Å²) in [6, 6.07) is 3.82. The first-order valence-corrected chi connectivity index (χ1v) is 8.76. The molecule has 0 radical (unpaired) electrons. The molecule has 4 aliphatic rings. The van der Waals surface area contributed by atoms with Crippen molar-refractivity contribution in [3.05, 3.63) is 34.6 Å². The van der Waals surface area contributed by atoms with E-state index < -0.39 is 16.8 Å². The molecule has 4 nitrogen and oxygen atoms in total. The lowest BCUT2D eigenvalue weighted by atomic mass is 9.46. The van der Waals surface area contributed by atoms with E-state index in [1.165, 1.54) is 18.2 Å². The van der Waals surface area contributed by atoms with Crippen molar-refractivity contribution in [1.29, 1.82) is 0 Å². The molecule has 6 heteroatoms. The van der Waals surface area contributed by atoms with Gasteiger partial charge in [-0.05, 0) is 68.6 Å². The van der Waals surface area contributed by atoms with Gasteiger partial charge in [0.05, 0.1) is 5.41 Å². The van der Waals surface area contributed by atoms with Gasteiger partial charge in [-0.25, -0.2) is 4.39 Å². The van der Waals surface area contributed by atoms with Crippen molar-refractivity contribution in [3.8, 4) is 0 Å². The smallest absolute Gasteiger partial charge is 0.251 e. The molecule has 0 spiro atoms. The van der Waals surface area contributed by atoms with Crippen LogP contribution in [0.3, 0.4) is 0 Å². The maximum absolute atomic E-state index is 13.5. The van der Waals surface area contributed by atoms with Gasteiger partial charge in [-0.15, -0.1) is 0 Å². The predicted octanol–water partition coefficient (Wildman–Crippen LogP) is 3.03. The van der Waals surface area contributed by atoms with Gasteiger partial charge in [-0.3, -0.25) is 9.59 Å². The van der Waals surface area contributed by atoms with Crippen LogP contribution >= 0.6 is 11.6 Å². The Labute approximate surface area is 144 Å². The zero-order chi connectivity index (χ0) is 17.1. The van der Waals surface area contributed by atoms with E-state index in [0.29, 0.717) is 18.3 Å². The van der Waals surface area contributed by atoms with E-state index in [4.69, 9.17) is 17.3 Å². The fourth-order valence-corrected chi connectivity index (χ4v) is 5.92. The Hall–Kier alpha value is -1.62. The molecule has 0 aliphatic heterocycles. The van der Waals surface area contributed by atoms with Crippen molar-refractivity contribution >= 4 is 23.4 Å². The van der Waals surface area contributed by atoms with Crippen molar-refractivity contribution in [2.45, 2.75) is 44.1 Å². The molecular weight excluding hydrogens is 331 g/mol. The van der Waals surface area contributed by atoms with Gasteiger partial charge in [-0.1, -0.05) is 11.6 Å². The average molecular weight is 351 g/mol. The van der Waals surface area contributed by atoms with Gasteiger partial charge in [-0.2, -0.15) is 0 Å². The van der Waals surface area contributed by atoms with Gasteiger partial charge in [0.1, 0.15) is 5.82 Å². The zero-order valence-electron chi connectivity index (χ0n) is 13.3. The van der Waals surface area contributed by atoms with Crippen LogP contribution in [0.15, 0.2) is 18.2 Å². The first-order valence-electron chi connectivity index (χ1n) is 8.38. The summed E-state index contributed by atoms with van der Waals surface area (Å²) in [4.78, 5) is 24.7. The number of primary amides is 1. The summed E-state index contributed by atoms with van der Waals surface area (Å²) >= 11 is 5.85. The topological polar surface area (TPSA) is 72.2 Å². The second kappa shape index (κ2) is 5.19. The summed E-state index contributed by atoms with van der Waals surface area (Å²) in [7, 11) is 0. The summed E-state index contributed by atoms with van der Waals surface area (Å²) in [6.45, 7) is 0. The number of carbonyl (C=O) groups is 2. The van der Waals surface area contributed by atoms with E-state index >= 15 is 0 Å². The minimum Gasteiger partial charge on any atom is -0.369 e. The summed E-state index contributed by atoms with van der Waals surface area (Å²) in [5, 5.41) is 3.30. The van der Waals surface area contributed by atoms with Crippen molar-refractivity contribution in [2.75, 3.05) is 0 Å². The molecule has 0 aromatic heterocycles. The largest absolute Gasteiger partial charge is 0.369 e. The van der Waals surface area contributed by atoms with Gasteiger partial charge in [0.25, 0.3) is 5.91 Å². The molecule has 5 rings (SSSR count). The van der Waals surface area contributed by atoms with E-state index in [1.54, 1.807) is 0 Å². The molecule has 0 saturated heterocycles. The molecule has 4 fully saturated rings. The van der Waals surface area contributed by atoms with Crippen LogP contribution < -0.4 is 11.1 Å². The lowest BCUT2D eigenvalue weighted by molar-refractivity contribution is -0.146. The van der Waals surface area contributed by atoms with E-state index in [1.807, 2.05) is 0 Å². The highest BCUT2D eigenvalue weighted by atomic mass is 35.5. The SMILES string of the molecule is NC(=O)C12CC3CC(CC(NC(=O)c4cc(F)cc(Cl)c4)(C3)C1)C2. The molecule has 4 aliphatic carbocycles. The van der Waals surface area contributed by atoms with Gasteiger partial charge >= 0.3 is 0 Å². The summed E-state index contributed by atoms with van der Waals surface area (Å²) < 4.78 is 13.5. The minimum atomic E-state index is -0.535. The Morgan fingerprint density at radius 1 is 1.17 bits per heavy atom. The molecule has 3 N–H and O–H groups in total. The van der Waals surface area contributed by atoms with Gasteiger partial charge < -0.3 is 11.1 Å². The van der Waals surface area contributed by atoms with Crippen LogP contribution in [0.4, 0.5) is 4.39 Å². The highest BCUT2D eigenvalue weighted by molar-refractivity contribution is 6.31. The summed E-state index contributed by atoms with van der Waals surface area (Å²) in [5.41, 5.74) is 5.03. The lowest BCUT2D eigenvalue weighted by Gasteiger charge is -2.61. The highest BCUT2D eigenvalue weighted by Gasteiger charge is 2.60. The second-order valence-corrected chi connectivity index (χ2v) is 8.43. The number of carbonyl (C=O) groups excluding carboxylic acids is 2. The quantitative estimate of drug-likeness (QED) is 0.879. The van der Waals surface area contributed by atoms with E-state index in [2.05, 4.69) is 5.32 Å². The standard InChI is InChI=1S/C18H20ClFN2O2/c19-13-2-12(3-14(20)4-13)15(23)22-18-7-10-1-11(8-18)6-17(5-10,9-18)16(21)24/h2-4,10-11H,1,5-9H2,(H2,21,24)(H,22,23). The number of amides is 2. The predicted molar refractivity (Wildman–Crippen MR) is 87.9 cm³/mol. The van der Waals surface area contributed by atoms with Crippen LogP contribution in [0.2, 0.25) is 5.02 Å². The Bertz CT molecular complexity index is 701. The number of nitrogens with one attached hydrogen (secondary N) is 1. The average Bonchev–Trinajstić information content (AvgIpc) is 2.44. The molecule has 4 bridgehead atoms. The first-order chi connectivity index (χ1) is 11.3. The molecule has 1 aromatic rings. The van der Waals surface area contributed by atoms with Crippen LogP contribution in [0.1, 0.15) is 48.9 Å². The van der Waals surface area contributed by atoms with Crippen molar-refractivity contribution in [1.82, 2.24) is 5.32 Å². The van der Waals surface area contributed by atoms with Crippen LogP contribution in [-0.4, -0.2) is 17.4 Å². The van der Waals surface area contributed by atoms with Crippen LogP contribution in [0, 0.1) is 23.1 Å². The number of halogens is 2. The number of hydrogen-bond donors (Lipinski definition) is 2. The van der Waals surface area contributed by atoms with E-state index in [9.17, 15) is 14.0 Å². The first kappa shape index (κ1) is 15.9. The van der Waals surface area contributed by atoms with E-state index in [0.717, 1.165) is 32.1 Å². The molecule has 24 heavy (non-hydrogen) atoms. The molecule has 0 heterocycles. The van der Waals surface area contributed by atoms with Crippen LogP contribution in [-0.2, 0) is 4.79 Å². The third-order valence-corrected chi connectivity index (χ3v) is 6.31. The molecular formula is C18H20ClFN2O2. The fraction of sp³-hybridized carbons (Fsp3) is 0.556. The molecule has 2 atom stereocenters. The third kappa shape index (κ3) is 2.50. The molecule has 128 valence electrons. The van der Waals surface area contributed by atoms with Crippen LogP contribution in [0.5, 0.6) is 0 Å². The summed E-state index contributed by atoms with van der Waals surface area (Å²) in [6.07, 6.45) is 5.11. The highest BCUT2D eigenvalue weighted by Crippen LogP contribution is 2.61. The van der Waals surface area contributed by atoms with Crippen molar-refractivity contribution < 1.29 is 14.0 Å². The van der Waals surface area contributed by atoms with Crippen molar-refractivity contribution in [2.24, 2.45) is 23.0 Å². The second-order valence-electron chi connectivity index (χ2n) is 8.00. The minimum absolute atomic E-state index is 0.194. The van der Waals surface area contributed by atoms with Gasteiger partial charge in [0, 0.05) is 16.1 Å². The zero-order valence-corrected chi connectivity index (χ0v) is 14.0. The van der Waals surface area contributed by atoms with Crippen molar-refractivity contribution in [3.63, 3.8) is 0 Å². The number of benzene rings is 1. The molecule has 1 aromatic carbocycles. The number of rotatable bonds is 3. The molecule has 4 saturated carbocycles. The maximum atomic E-state index is 13.5. The Kier molecular flexibility index (Phi) is 3.43. The monoisotopic (exact) mass is 350 g/mol. The normalized spacial score (nSPS) is 36.6. The van der Waals surface area contributed by atoms with Gasteiger partial charge in [0.2, 0.25) is 5.91 Å². The Morgan fingerprint density at radius 3 is 2.42 bits per heavy atom. The molecule has 2 unspecified atom stereocenters.